The van der Waals surface area contributed by atoms with Crippen molar-refractivity contribution < 1.29 is 9.90 Å². The number of hydrogen-bond acceptors (Lipinski definition) is 5. The van der Waals surface area contributed by atoms with Gasteiger partial charge in [-0.3, -0.25) is 9.78 Å². The van der Waals surface area contributed by atoms with Crippen molar-refractivity contribution in [1.82, 2.24) is 25.2 Å². The summed E-state index contributed by atoms with van der Waals surface area (Å²) in [6.45, 7) is 0.272. The highest BCUT2D eigenvalue weighted by Gasteiger charge is 2.45. The van der Waals surface area contributed by atoms with Crippen molar-refractivity contribution in [2.75, 3.05) is 0 Å². The third-order valence-corrected chi connectivity index (χ3v) is 4.36. The van der Waals surface area contributed by atoms with Crippen LogP contribution >= 0.6 is 15.9 Å². The first kappa shape index (κ1) is 13.2. The Balaban J connectivity index is 1.95. The fraction of sp³-hybridized carbons (Fsp3) is 0.417. The van der Waals surface area contributed by atoms with Crippen LogP contribution in [0.4, 0.5) is 0 Å². The van der Waals surface area contributed by atoms with Crippen molar-refractivity contribution in [3.63, 3.8) is 0 Å². The zero-order chi connectivity index (χ0) is 14.2. The summed E-state index contributed by atoms with van der Waals surface area (Å²) >= 11 is 3.40. The highest BCUT2D eigenvalue weighted by Crippen LogP contribution is 2.43. The van der Waals surface area contributed by atoms with Crippen molar-refractivity contribution in [2.24, 2.45) is 5.41 Å². The zero-order valence-corrected chi connectivity index (χ0v) is 12.1. The lowest BCUT2D eigenvalue weighted by Gasteiger charge is -2.37. The Morgan fingerprint density at radius 1 is 1.50 bits per heavy atom. The largest absolute Gasteiger partial charge is 0.481 e. The average molecular weight is 338 g/mol. The fourth-order valence-corrected chi connectivity index (χ4v) is 2.79. The number of carbonyl (C=O) groups is 1. The summed E-state index contributed by atoms with van der Waals surface area (Å²) in [5.41, 5.74) is -0.136. The lowest BCUT2D eigenvalue weighted by Crippen LogP contribution is -2.42. The number of pyridine rings is 1. The molecule has 1 fully saturated rings. The van der Waals surface area contributed by atoms with Gasteiger partial charge in [-0.2, -0.15) is 0 Å². The third kappa shape index (κ3) is 2.09. The van der Waals surface area contributed by atoms with E-state index in [1.54, 1.807) is 12.3 Å². The van der Waals surface area contributed by atoms with Crippen LogP contribution in [0, 0.1) is 5.41 Å². The van der Waals surface area contributed by atoms with Crippen LogP contribution in [0.25, 0.3) is 11.5 Å². The summed E-state index contributed by atoms with van der Waals surface area (Å²) in [5, 5.41) is 20.9. The third-order valence-electron chi connectivity index (χ3n) is 3.72. The fourth-order valence-electron chi connectivity index (χ4n) is 2.36. The Kier molecular flexibility index (Phi) is 3.25. The molecular weight excluding hydrogens is 326 g/mol. The van der Waals surface area contributed by atoms with Gasteiger partial charge in [-0.25, -0.2) is 4.68 Å². The topological polar surface area (TPSA) is 93.8 Å². The van der Waals surface area contributed by atoms with Gasteiger partial charge >= 0.3 is 5.97 Å². The van der Waals surface area contributed by atoms with E-state index in [0.717, 1.165) is 10.9 Å². The maximum Gasteiger partial charge on any atom is 0.311 e. The lowest BCUT2D eigenvalue weighted by atomic mass is 9.69. The van der Waals surface area contributed by atoms with Gasteiger partial charge in [0.1, 0.15) is 5.69 Å². The molecule has 0 unspecified atom stereocenters. The molecular formula is C12H12BrN5O2. The molecule has 0 atom stereocenters. The molecule has 1 aliphatic carbocycles. The van der Waals surface area contributed by atoms with Crippen LogP contribution in [-0.2, 0) is 11.3 Å². The van der Waals surface area contributed by atoms with Crippen LogP contribution in [0.2, 0.25) is 0 Å². The van der Waals surface area contributed by atoms with Gasteiger partial charge in [0, 0.05) is 10.7 Å². The molecule has 0 saturated heterocycles. The highest BCUT2D eigenvalue weighted by atomic mass is 79.9. The number of tetrazole rings is 1. The minimum Gasteiger partial charge on any atom is -0.481 e. The van der Waals surface area contributed by atoms with Crippen molar-refractivity contribution >= 4 is 21.9 Å². The summed E-state index contributed by atoms with van der Waals surface area (Å²) in [6.07, 6.45) is 3.89. The second kappa shape index (κ2) is 4.93. The van der Waals surface area contributed by atoms with E-state index in [9.17, 15) is 9.90 Å². The minimum atomic E-state index is -0.787. The van der Waals surface area contributed by atoms with E-state index in [2.05, 4.69) is 36.4 Å². The predicted octanol–water partition coefficient (Wildman–Crippen LogP) is 1.75. The first-order valence-corrected chi connectivity index (χ1v) is 7.02. The Morgan fingerprint density at radius 3 is 2.90 bits per heavy atom. The number of aromatic nitrogens is 5. The SMILES string of the molecule is O=C(O)C1(Cn2nnnc2-c2ncccc2Br)CCC1. The van der Waals surface area contributed by atoms with E-state index in [1.165, 1.54) is 4.68 Å². The van der Waals surface area contributed by atoms with Gasteiger partial charge in [0.05, 0.1) is 12.0 Å². The van der Waals surface area contributed by atoms with E-state index in [1.807, 2.05) is 6.07 Å². The second-order valence-corrected chi connectivity index (χ2v) is 5.79. The van der Waals surface area contributed by atoms with Crippen molar-refractivity contribution in [3.8, 4) is 11.5 Å². The van der Waals surface area contributed by atoms with Crippen LogP contribution in [-0.4, -0.2) is 36.3 Å². The summed E-state index contributed by atoms with van der Waals surface area (Å²) in [4.78, 5) is 15.7. The molecule has 1 saturated carbocycles. The van der Waals surface area contributed by atoms with E-state index in [0.29, 0.717) is 24.4 Å². The molecule has 0 spiro atoms. The van der Waals surface area contributed by atoms with E-state index in [-0.39, 0.29) is 6.54 Å². The minimum absolute atomic E-state index is 0.272. The molecule has 8 heteroatoms. The molecule has 0 aliphatic heterocycles. The van der Waals surface area contributed by atoms with E-state index >= 15 is 0 Å². The molecule has 1 N–H and O–H groups in total. The summed E-state index contributed by atoms with van der Waals surface area (Å²) in [5.74, 6) is -0.310. The van der Waals surface area contributed by atoms with Crippen molar-refractivity contribution in [3.05, 3.63) is 22.8 Å². The number of nitrogens with zero attached hydrogens (tertiary/aromatic N) is 5. The van der Waals surface area contributed by atoms with Gasteiger partial charge in [0.15, 0.2) is 0 Å². The molecule has 20 heavy (non-hydrogen) atoms. The maximum absolute atomic E-state index is 11.4. The number of halogens is 1. The zero-order valence-electron chi connectivity index (χ0n) is 10.5. The first-order valence-electron chi connectivity index (χ1n) is 6.23. The second-order valence-electron chi connectivity index (χ2n) is 4.93. The predicted molar refractivity (Wildman–Crippen MR) is 72.7 cm³/mol. The molecule has 104 valence electrons. The number of hydrogen-bond donors (Lipinski definition) is 1. The van der Waals surface area contributed by atoms with Crippen LogP contribution < -0.4 is 0 Å². The molecule has 2 heterocycles. The number of carboxylic acids is 1. The Morgan fingerprint density at radius 2 is 2.30 bits per heavy atom. The van der Waals surface area contributed by atoms with Crippen LogP contribution in [0.3, 0.4) is 0 Å². The Hall–Kier alpha value is -1.83. The quantitative estimate of drug-likeness (QED) is 0.913. The molecule has 3 rings (SSSR count). The van der Waals surface area contributed by atoms with E-state index < -0.39 is 11.4 Å². The van der Waals surface area contributed by atoms with Gasteiger partial charge in [0.2, 0.25) is 5.82 Å². The summed E-state index contributed by atoms with van der Waals surface area (Å²) in [6, 6.07) is 3.64. The number of rotatable bonds is 4. The maximum atomic E-state index is 11.4. The molecule has 0 amide bonds. The Bertz CT molecular complexity index is 653. The molecule has 2 aromatic rings. The molecule has 7 nitrogen and oxygen atoms in total. The van der Waals surface area contributed by atoms with Gasteiger partial charge < -0.3 is 5.11 Å². The average Bonchev–Trinajstić information content (AvgIpc) is 2.81. The van der Waals surface area contributed by atoms with E-state index in [4.69, 9.17) is 0 Å². The molecule has 0 aromatic carbocycles. The van der Waals surface area contributed by atoms with Crippen LogP contribution in [0.5, 0.6) is 0 Å². The molecule has 1 aliphatic rings. The Labute approximate surface area is 123 Å². The van der Waals surface area contributed by atoms with Crippen LogP contribution in [0.1, 0.15) is 19.3 Å². The first-order chi connectivity index (χ1) is 9.62. The van der Waals surface area contributed by atoms with Gasteiger partial charge in [-0.1, -0.05) is 6.42 Å². The van der Waals surface area contributed by atoms with Crippen molar-refractivity contribution in [1.29, 1.82) is 0 Å². The van der Waals surface area contributed by atoms with Gasteiger partial charge in [-0.05, 0) is 51.3 Å². The number of aliphatic carboxylic acids is 1. The van der Waals surface area contributed by atoms with Crippen LogP contribution in [0.15, 0.2) is 22.8 Å². The van der Waals surface area contributed by atoms with Gasteiger partial charge in [0.25, 0.3) is 0 Å². The highest BCUT2D eigenvalue weighted by molar-refractivity contribution is 9.10. The molecule has 0 bridgehead atoms. The normalized spacial score (nSPS) is 16.6. The smallest absolute Gasteiger partial charge is 0.311 e. The van der Waals surface area contributed by atoms with Crippen molar-refractivity contribution in [2.45, 2.75) is 25.8 Å². The standard InChI is InChI=1S/C12H12BrN5O2/c13-8-3-1-6-14-9(8)10-15-16-17-18(10)7-12(11(19)20)4-2-5-12/h1,3,6H,2,4-5,7H2,(H,19,20). The summed E-state index contributed by atoms with van der Waals surface area (Å²) < 4.78 is 2.30. The summed E-state index contributed by atoms with van der Waals surface area (Å²) in [7, 11) is 0. The monoisotopic (exact) mass is 337 g/mol. The lowest BCUT2D eigenvalue weighted by molar-refractivity contribution is -0.156. The number of carboxylic acid groups (broad SMARTS) is 1. The van der Waals surface area contributed by atoms with Gasteiger partial charge in [-0.15, -0.1) is 5.10 Å². The molecule has 2 aromatic heterocycles. The molecule has 0 radical (unpaired) electrons.